The summed E-state index contributed by atoms with van der Waals surface area (Å²) in [5.74, 6) is 0.245. The van der Waals surface area contributed by atoms with Crippen LogP contribution < -0.4 is 10.1 Å². The Bertz CT molecular complexity index is 621. The number of rotatable bonds is 5. The molecule has 1 fully saturated rings. The summed E-state index contributed by atoms with van der Waals surface area (Å²) in [5, 5.41) is 3.42. The molecule has 3 rings (SSSR count). The molecule has 1 N–H and O–H groups in total. The van der Waals surface area contributed by atoms with Crippen LogP contribution in [0.25, 0.3) is 0 Å². The second kappa shape index (κ2) is 7.86. The first kappa shape index (κ1) is 16.4. The number of benzene rings is 1. The quantitative estimate of drug-likeness (QED) is 0.866. The van der Waals surface area contributed by atoms with E-state index in [1.807, 2.05) is 12.3 Å². The van der Waals surface area contributed by atoms with Gasteiger partial charge in [0.2, 0.25) is 0 Å². The van der Waals surface area contributed by atoms with Crippen molar-refractivity contribution in [1.29, 1.82) is 0 Å². The predicted octanol–water partition coefficient (Wildman–Crippen LogP) is 3.01. The molecule has 1 saturated heterocycles. The fourth-order valence-corrected chi connectivity index (χ4v) is 3.25. The van der Waals surface area contributed by atoms with Crippen LogP contribution in [0, 0.1) is 5.82 Å². The van der Waals surface area contributed by atoms with Crippen molar-refractivity contribution in [3.8, 4) is 5.75 Å². The SMILES string of the molecule is Fc1cc(Br)cc(OCCN2CCNCC2c2cccnc2)c1. The summed E-state index contributed by atoms with van der Waals surface area (Å²) >= 11 is 3.28. The molecule has 1 atom stereocenters. The second-order valence-corrected chi connectivity index (χ2v) is 6.41. The van der Waals surface area contributed by atoms with Gasteiger partial charge < -0.3 is 10.1 Å². The lowest BCUT2D eigenvalue weighted by atomic mass is 10.1. The highest BCUT2D eigenvalue weighted by molar-refractivity contribution is 9.10. The lowest BCUT2D eigenvalue weighted by Gasteiger charge is -2.36. The fraction of sp³-hybridized carbons (Fsp3) is 0.353. The summed E-state index contributed by atoms with van der Waals surface area (Å²) in [5.41, 5.74) is 1.20. The molecule has 0 bridgehead atoms. The van der Waals surface area contributed by atoms with Crippen LogP contribution in [-0.2, 0) is 0 Å². The van der Waals surface area contributed by atoms with Gasteiger partial charge in [-0.1, -0.05) is 22.0 Å². The standard InChI is InChI=1S/C17H19BrFN3O/c18-14-8-15(19)10-16(9-14)23-7-6-22-5-4-21-12-17(22)13-2-1-3-20-11-13/h1-3,8-11,17,21H,4-7,12H2. The maximum absolute atomic E-state index is 13.4. The van der Waals surface area contributed by atoms with Crippen LogP contribution in [0.1, 0.15) is 11.6 Å². The minimum atomic E-state index is -0.301. The molecular formula is C17H19BrFN3O. The minimum Gasteiger partial charge on any atom is -0.492 e. The van der Waals surface area contributed by atoms with Crippen molar-refractivity contribution in [2.75, 3.05) is 32.8 Å². The molecule has 122 valence electrons. The normalized spacial score (nSPS) is 18.8. The Balaban J connectivity index is 1.59. The van der Waals surface area contributed by atoms with Crippen molar-refractivity contribution in [1.82, 2.24) is 15.2 Å². The van der Waals surface area contributed by atoms with Gasteiger partial charge in [0.1, 0.15) is 18.2 Å². The molecular weight excluding hydrogens is 361 g/mol. The number of ether oxygens (including phenoxy) is 1. The Morgan fingerprint density at radius 2 is 2.30 bits per heavy atom. The summed E-state index contributed by atoms with van der Waals surface area (Å²) in [6, 6.07) is 8.95. The molecule has 0 radical (unpaired) electrons. The average molecular weight is 380 g/mol. The lowest BCUT2D eigenvalue weighted by molar-refractivity contribution is 0.133. The Morgan fingerprint density at radius 1 is 1.39 bits per heavy atom. The number of piperazine rings is 1. The molecule has 2 heterocycles. The van der Waals surface area contributed by atoms with E-state index in [-0.39, 0.29) is 5.82 Å². The molecule has 2 aromatic rings. The van der Waals surface area contributed by atoms with Gasteiger partial charge in [-0.05, 0) is 23.8 Å². The van der Waals surface area contributed by atoms with Gasteiger partial charge in [-0.25, -0.2) is 4.39 Å². The van der Waals surface area contributed by atoms with Gasteiger partial charge in [0.25, 0.3) is 0 Å². The highest BCUT2D eigenvalue weighted by Crippen LogP contribution is 2.22. The van der Waals surface area contributed by atoms with Gasteiger partial charge in [0.15, 0.2) is 0 Å². The predicted molar refractivity (Wildman–Crippen MR) is 91.0 cm³/mol. The number of hydrogen-bond donors (Lipinski definition) is 1. The van der Waals surface area contributed by atoms with Crippen molar-refractivity contribution in [2.24, 2.45) is 0 Å². The summed E-state index contributed by atoms with van der Waals surface area (Å²) in [6.45, 7) is 4.12. The Kier molecular flexibility index (Phi) is 5.59. The van der Waals surface area contributed by atoms with Crippen LogP contribution in [0.3, 0.4) is 0 Å². The molecule has 6 heteroatoms. The minimum absolute atomic E-state index is 0.292. The van der Waals surface area contributed by atoms with Crippen LogP contribution in [-0.4, -0.2) is 42.7 Å². The number of halogens is 2. The van der Waals surface area contributed by atoms with E-state index in [4.69, 9.17) is 4.74 Å². The Morgan fingerprint density at radius 3 is 3.09 bits per heavy atom. The first-order chi connectivity index (χ1) is 11.2. The molecule has 1 aromatic carbocycles. The monoisotopic (exact) mass is 379 g/mol. The lowest BCUT2D eigenvalue weighted by Crippen LogP contribution is -2.47. The van der Waals surface area contributed by atoms with E-state index < -0.39 is 0 Å². The first-order valence-corrected chi connectivity index (χ1v) is 8.45. The smallest absolute Gasteiger partial charge is 0.128 e. The first-order valence-electron chi connectivity index (χ1n) is 7.66. The van der Waals surface area contributed by atoms with E-state index in [1.54, 1.807) is 12.3 Å². The van der Waals surface area contributed by atoms with E-state index >= 15 is 0 Å². The summed E-state index contributed by atoms with van der Waals surface area (Å²) in [4.78, 5) is 6.59. The topological polar surface area (TPSA) is 37.4 Å². The third kappa shape index (κ3) is 4.50. The largest absolute Gasteiger partial charge is 0.492 e. The van der Waals surface area contributed by atoms with Crippen molar-refractivity contribution in [3.63, 3.8) is 0 Å². The molecule has 1 aromatic heterocycles. The molecule has 1 unspecified atom stereocenters. The zero-order valence-electron chi connectivity index (χ0n) is 12.7. The molecule has 0 spiro atoms. The Hall–Kier alpha value is -1.50. The van der Waals surface area contributed by atoms with Gasteiger partial charge in [0, 0.05) is 55.2 Å². The number of nitrogens with one attached hydrogen (secondary N) is 1. The zero-order valence-corrected chi connectivity index (χ0v) is 14.3. The summed E-state index contributed by atoms with van der Waals surface area (Å²) in [6.07, 6.45) is 3.70. The summed E-state index contributed by atoms with van der Waals surface area (Å²) in [7, 11) is 0. The highest BCUT2D eigenvalue weighted by Gasteiger charge is 2.23. The molecule has 0 aliphatic carbocycles. The molecule has 23 heavy (non-hydrogen) atoms. The van der Waals surface area contributed by atoms with Gasteiger partial charge in [-0.2, -0.15) is 0 Å². The molecule has 0 amide bonds. The molecule has 1 aliphatic heterocycles. The van der Waals surface area contributed by atoms with Gasteiger partial charge in [0.05, 0.1) is 0 Å². The van der Waals surface area contributed by atoms with E-state index in [0.717, 1.165) is 26.2 Å². The highest BCUT2D eigenvalue weighted by atomic mass is 79.9. The Labute approximate surface area is 143 Å². The van der Waals surface area contributed by atoms with E-state index in [9.17, 15) is 4.39 Å². The van der Waals surface area contributed by atoms with E-state index in [0.29, 0.717) is 22.9 Å². The van der Waals surface area contributed by atoms with Crippen LogP contribution in [0.2, 0.25) is 0 Å². The average Bonchev–Trinajstić information content (AvgIpc) is 2.55. The zero-order chi connectivity index (χ0) is 16.1. The van der Waals surface area contributed by atoms with Crippen molar-refractivity contribution in [3.05, 3.63) is 58.6 Å². The number of pyridine rings is 1. The van der Waals surface area contributed by atoms with Crippen molar-refractivity contribution in [2.45, 2.75) is 6.04 Å². The van der Waals surface area contributed by atoms with Gasteiger partial charge >= 0.3 is 0 Å². The van der Waals surface area contributed by atoms with Gasteiger partial charge in [-0.3, -0.25) is 9.88 Å². The molecule has 4 nitrogen and oxygen atoms in total. The maximum Gasteiger partial charge on any atom is 0.128 e. The number of nitrogens with zero attached hydrogens (tertiary/aromatic N) is 2. The van der Waals surface area contributed by atoms with Crippen LogP contribution in [0.4, 0.5) is 4.39 Å². The van der Waals surface area contributed by atoms with E-state index in [2.05, 4.69) is 37.2 Å². The van der Waals surface area contributed by atoms with Crippen molar-refractivity contribution >= 4 is 15.9 Å². The third-order valence-electron chi connectivity index (χ3n) is 3.91. The molecule has 1 aliphatic rings. The van der Waals surface area contributed by atoms with E-state index in [1.165, 1.54) is 17.7 Å². The number of aromatic nitrogens is 1. The number of hydrogen-bond acceptors (Lipinski definition) is 4. The van der Waals surface area contributed by atoms with Crippen molar-refractivity contribution < 1.29 is 9.13 Å². The maximum atomic E-state index is 13.4. The van der Waals surface area contributed by atoms with Gasteiger partial charge in [-0.15, -0.1) is 0 Å². The fourth-order valence-electron chi connectivity index (χ4n) is 2.81. The second-order valence-electron chi connectivity index (χ2n) is 5.50. The van der Waals surface area contributed by atoms with Crippen LogP contribution in [0.15, 0.2) is 47.2 Å². The summed E-state index contributed by atoms with van der Waals surface area (Å²) < 4.78 is 19.7. The van der Waals surface area contributed by atoms with Crippen LogP contribution >= 0.6 is 15.9 Å². The molecule has 0 saturated carbocycles. The van der Waals surface area contributed by atoms with Crippen LogP contribution in [0.5, 0.6) is 5.75 Å². The third-order valence-corrected chi connectivity index (χ3v) is 4.36.